The number of hydrogen-bond donors (Lipinski definition) is 2. The number of benzene rings is 1. The van der Waals surface area contributed by atoms with Gasteiger partial charge < -0.3 is 28.8 Å². The average molecular weight is 646 g/mol. The van der Waals surface area contributed by atoms with E-state index in [0.717, 1.165) is 0 Å². The predicted molar refractivity (Wildman–Crippen MR) is 151 cm³/mol. The monoisotopic (exact) mass is 645 g/mol. The highest BCUT2D eigenvalue weighted by Crippen LogP contribution is 2.21. The molecule has 44 heavy (non-hydrogen) atoms. The third-order valence-corrected chi connectivity index (χ3v) is 7.76. The van der Waals surface area contributed by atoms with Crippen LogP contribution in [-0.2, 0) is 47.9 Å². The molecule has 1 fully saturated rings. The molecule has 2 atom stereocenters. The molecule has 0 aliphatic carbocycles. The summed E-state index contributed by atoms with van der Waals surface area (Å²) in [7, 11) is -2.55. The summed E-state index contributed by atoms with van der Waals surface area (Å²) in [4.78, 5) is 42.9. The van der Waals surface area contributed by atoms with Crippen LogP contribution < -0.4 is 5.32 Å². The minimum absolute atomic E-state index is 0.100. The first kappa shape index (κ1) is 36.8. The summed E-state index contributed by atoms with van der Waals surface area (Å²) in [6.07, 6.45) is -3.47. The Labute approximate surface area is 255 Å². The summed E-state index contributed by atoms with van der Waals surface area (Å²) >= 11 is 0. The van der Waals surface area contributed by atoms with Gasteiger partial charge in [-0.2, -0.15) is 0 Å². The number of carbonyl (C=O) groups is 3. The molecule has 17 nitrogen and oxygen atoms in total. The Morgan fingerprint density at radius 3 is 2.39 bits per heavy atom. The highest BCUT2D eigenvalue weighted by molar-refractivity contribution is 7.91. The number of aliphatic hydroxyl groups is 1. The van der Waals surface area contributed by atoms with E-state index < -0.39 is 45.9 Å². The molecular weight excluding hydrogens is 606 g/mol. The predicted octanol–water partition coefficient (Wildman–Crippen LogP) is 1.41. The smallest absolute Gasteiger partial charge is 0.428 e. The molecule has 0 spiro atoms. The Balaban J connectivity index is 1.81. The number of hydrogen-bond acceptors (Lipinski definition) is 14. The maximum Gasteiger partial charge on any atom is 0.534 e. The number of sulfone groups is 1. The number of carbonyl (C=O) groups excluding carboxylic acids is 3. The molecule has 0 bridgehead atoms. The SMILES string of the molecule is COCCCC(CS(=O)(=O)c1cccc(C(O)NCCOCCOCCOCCN=[N+]=[N-])c1)OC(=O)ON1C(=O)CCC1=O. The van der Waals surface area contributed by atoms with Gasteiger partial charge in [-0.25, -0.2) is 13.2 Å². The fourth-order valence-electron chi connectivity index (χ4n) is 3.82. The maximum atomic E-state index is 13.2. The molecule has 246 valence electrons. The minimum atomic E-state index is -4.02. The van der Waals surface area contributed by atoms with Gasteiger partial charge in [-0.15, -0.1) is 0 Å². The number of methoxy groups -OCH3 is 1. The topological polar surface area (TPSA) is 225 Å². The van der Waals surface area contributed by atoms with Crippen molar-refractivity contribution in [3.8, 4) is 0 Å². The van der Waals surface area contributed by atoms with Crippen molar-refractivity contribution in [1.82, 2.24) is 10.4 Å². The number of azide groups is 1. The molecule has 18 heteroatoms. The Hall–Kier alpha value is -3.35. The average Bonchev–Trinajstić information content (AvgIpc) is 3.31. The van der Waals surface area contributed by atoms with E-state index in [0.29, 0.717) is 44.5 Å². The molecule has 0 radical (unpaired) electrons. The van der Waals surface area contributed by atoms with Crippen LogP contribution in [0.4, 0.5) is 4.79 Å². The fourth-order valence-corrected chi connectivity index (χ4v) is 5.34. The largest absolute Gasteiger partial charge is 0.534 e. The fraction of sp³-hybridized carbons (Fsp3) is 0.654. The van der Waals surface area contributed by atoms with E-state index in [9.17, 15) is 27.9 Å². The lowest BCUT2D eigenvalue weighted by molar-refractivity contribution is -0.178. The molecule has 1 saturated heterocycles. The molecule has 1 aromatic rings. The van der Waals surface area contributed by atoms with Gasteiger partial charge in [0.15, 0.2) is 9.84 Å². The van der Waals surface area contributed by atoms with Gasteiger partial charge in [-0.3, -0.25) is 19.7 Å². The lowest BCUT2D eigenvalue weighted by Crippen LogP contribution is -2.35. The maximum absolute atomic E-state index is 13.2. The van der Waals surface area contributed by atoms with Gasteiger partial charge in [0.25, 0.3) is 11.8 Å². The van der Waals surface area contributed by atoms with Crippen molar-refractivity contribution in [2.45, 2.75) is 42.9 Å². The van der Waals surface area contributed by atoms with Crippen molar-refractivity contribution in [2.24, 2.45) is 5.11 Å². The van der Waals surface area contributed by atoms with Gasteiger partial charge in [0.1, 0.15) is 12.3 Å². The number of nitrogens with one attached hydrogen (secondary N) is 1. The van der Waals surface area contributed by atoms with E-state index >= 15 is 0 Å². The summed E-state index contributed by atoms with van der Waals surface area (Å²) in [5, 5.41) is 17.0. The molecule has 1 aliphatic heterocycles. The number of hydroxylamine groups is 2. The molecule has 2 rings (SSSR count). The number of imide groups is 1. The highest BCUT2D eigenvalue weighted by Gasteiger charge is 2.34. The van der Waals surface area contributed by atoms with Crippen LogP contribution in [0.2, 0.25) is 0 Å². The van der Waals surface area contributed by atoms with Gasteiger partial charge >= 0.3 is 6.16 Å². The van der Waals surface area contributed by atoms with Crippen molar-refractivity contribution in [3.05, 3.63) is 40.3 Å². The summed E-state index contributed by atoms with van der Waals surface area (Å²) in [5.74, 6) is -2.00. The molecular formula is C26H39N5O12S. The first-order valence-corrected chi connectivity index (χ1v) is 15.5. The molecule has 1 heterocycles. The van der Waals surface area contributed by atoms with E-state index in [4.69, 9.17) is 34.1 Å². The zero-order valence-corrected chi connectivity index (χ0v) is 25.3. The molecule has 2 unspecified atom stereocenters. The van der Waals surface area contributed by atoms with Crippen molar-refractivity contribution < 1.29 is 56.4 Å². The van der Waals surface area contributed by atoms with E-state index in [1.54, 1.807) is 6.07 Å². The van der Waals surface area contributed by atoms with Gasteiger partial charge in [0.2, 0.25) is 0 Å². The third-order valence-electron chi connectivity index (χ3n) is 5.97. The van der Waals surface area contributed by atoms with Crippen molar-refractivity contribution in [1.29, 1.82) is 0 Å². The van der Waals surface area contributed by atoms with Gasteiger partial charge in [0.05, 0.1) is 50.3 Å². The minimum Gasteiger partial charge on any atom is -0.428 e. The van der Waals surface area contributed by atoms with Gasteiger partial charge in [0, 0.05) is 44.6 Å². The van der Waals surface area contributed by atoms with E-state index in [1.165, 1.54) is 25.3 Å². The summed E-state index contributed by atoms with van der Waals surface area (Å²) in [6, 6.07) is 5.68. The van der Waals surface area contributed by atoms with Crippen molar-refractivity contribution in [2.75, 3.05) is 72.2 Å². The van der Waals surface area contributed by atoms with Crippen LogP contribution in [0, 0.1) is 0 Å². The Morgan fingerprint density at radius 1 is 1.07 bits per heavy atom. The first-order valence-electron chi connectivity index (χ1n) is 13.9. The van der Waals surface area contributed by atoms with E-state index in [2.05, 4.69) is 15.3 Å². The zero-order chi connectivity index (χ0) is 32.2. The number of nitrogens with zero attached hydrogens (tertiary/aromatic N) is 4. The van der Waals surface area contributed by atoms with Gasteiger partial charge in [-0.05, 0) is 36.1 Å². The summed E-state index contributed by atoms with van der Waals surface area (Å²) in [5.41, 5.74) is 8.45. The number of rotatable bonds is 23. The van der Waals surface area contributed by atoms with Gasteiger partial charge in [-0.1, -0.05) is 22.3 Å². The molecule has 1 aromatic carbocycles. The van der Waals surface area contributed by atoms with Crippen LogP contribution in [0.5, 0.6) is 0 Å². The van der Waals surface area contributed by atoms with Crippen LogP contribution in [-0.4, -0.2) is 115 Å². The Morgan fingerprint density at radius 2 is 1.73 bits per heavy atom. The lowest BCUT2D eigenvalue weighted by Gasteiger charge is -2.20. The second-order valence-corrected chi connectivity index (χ2v) is 11.3. The van der Waals surface area contributed by atoms with Crippen LogP contribution in [0.3, 0.4) is 0 Å². The second kappa shape index (κ2) is 20.6. The molecule has 1 aliphatic rings. The number of ether oxygens (including phenoxy) is 5. The standard InChI is InChI=1S/C26H39N5O12S/c1-38-11-3-5-21(42-26(35)43-31-23(32)7-8-24(31)33)19-44(36,37)22-6-2-4-20(18-22)25(34)28-9-12-39-14-16-41-17-15-40-13-10-29-30-27/h2,4,6,18,21,25,28,34H,3,5,7-17,19H2,1H3. The van der Waals surface area contributed by atoms with Crippen LogP contribution >= 0.6 is 0 Å². The van der Waals surface area contributed by atoms with E-state index in [-0.39, 0.29) is 56.0 Å². The molecule has 0 aromatic heterocycles. The molecule has 0 saturated carbocycles. The van der Waals surface area contributed by atoms with E-state index in [1.807, 2.05) is 0 Å². The quantitative estimate of drug-likeness (QED) is 0.0327. The molecule has 2 amide bonds. The van der Waals surface area contributed by atoms with Crippen molar-refractivity contribution >= 4 is 27.8 Å². The molecule has 2 N–H and O–H groups in total. The third kappa shape index (κ3) is 14.0. The normalized spacial score (nSPS) is 14.7. The van der Waals surface area contributed by atoms with Crippen molar-refractivity contribution in [3.63, 3.8) is 0 Å². The summed E-state index contributed by atoms with van der Waals surface area (Å²) < 4.78 is 52.6. The Kier molecular flexibility index (Phi) is 17.2. The van der Waals surface area contributed by atoms with Crippen LogP contribution in [0.15, 0.2) is 34.3 Å². The highest BCUT2D eigenvalue weighted by atomic mass is 32.2. The summed E-state index contributed by atoms with van der Waals surface area (Å²) in [6.45, 7) is 2.75. The van der Waals surface area contributed by atoms with Crippen LogP contribution in [0.1, 0.15) is 37.5 Å². The zero-order valence-electron chi connectivity index (χ0n) is 24.5. The second-order valence-electron chi connectivity index (χ2n) is 9.30. The Bertz CT molecular complexity index is 1200. The number of aliphatic hydroxyl groups excluding tert-OH is 1. The van der Waals surface area contributed by atoms with Crippen LogP contribution in [0.25, 0.3) is 10.4 Å². The number of amides is 2. The first-order chi connectivity index (χ1) is 21.2. The lowest BCUT2D eigenvalue weighted by atomic mass is 10.2.